The average molecular weight is 293 g/mol. The number of hydrogen-bond acceptors (Lipinski definition) is 4. The summed E-state index contributed by atoms with van der Waals surface area (Å²) in [5.74, 6) is 0.448. The maximum Gasteiger partial charge on any atom is 0.240 e. The van der Waals surface area contributed by atoms with Crippen molar-refractivity contribution < 1.29 is 13.2 Å². The Bertz CT molecular complexity index is 503. The van der Waals surface area contributed by atoms with Crippen LogP contribution in [0.3, 0.4) is 0 Å². The fraction of sp³-hybridized carbons (Fsp3) is 0.455. The lowest BCUT2D eigenvalue weighted by Gasteiger charge is -2.11. The van der Waals surface area contributed by atoms with Crippen LogP contribution in [0.25, 0.3) is 0 Å². The number of rotatable bonds is 6. The van der Waals surface area contributed by atoms with Crippen LogP contribution in [0.2, 0.25) is 5.02 Å². The molecule has 0 atom stereocenters. The van der Waals surface area contributed by atoms with Gasteiger partial charge in [0.25, 0.3) is 0 Å². The van der Waals surface area contributed by atoms with Gasteiger partial charge < -0.3 is 9.64 Å². The van der Waals surface area contributed by atoms with Crippen LogP contribution in [0.1, 0.15) is 0 Å². The first-order chi connectivity index (χ1) is 8.36. The van der Waals surface area contributed by atoms with Crippen molar-refractivity contribution in [3.8, 4) is 5.75 Å². The highest BCUT2D eigenvalue weighted by atomic mass is 35.5. The standard InChI is InChI=1S/C11H17ClN2O3S/c1-14(2)7-6-13-18(15,16)9-4-5-11(17-3)10(12)8-9/h4-5,8,13H,6-7H2,1-3H3. The molecule has 0 unspecified atom stereocenters. The lowest BCUT2D eigenvalue weighted by Crippen LogP contribution is -2.31. The molecule has 0 aliphatic rings. The van der Waals surface area contributed by atoms with Gasteiger partial charge in [-0.25, -0.2) is 13.1 Å². The maximum absolute atomic E-state index is 11.9. The van der Waals surface area contributed by atoms with Crippen LogP contribution < -0.4 is 9.46 Å². The highest BCUT2D eigenvalue weighted by molar-refractivity contribution is 7.89. The summed E-state index contributed by atoms with van der Waals surface area (Å²) in [5.41, 5.74) is 0. The second-order valence-corrected chi connectivity index (χ2v) is 6.17. The maximum atomic E-state index is 11.9. The minimum atomic E-state index is -3.52. The fourth-order valence-electron chi connectivity index (χ4n) is 1.30. The quantitative estimate of drug-likeness (QED) is 0.856. The number of halogens is 1. The summed E-state index contributed by atoms with van der Waals surface area (Å²) in [6.45, 7) is 0.974. The number of nitrogens with zero attached hydrogens (tertiary/aromatic N) is 1. The second kappa shape index (κ2) is 6.38. The second-order valence-electron chi connectivity index (χ2n) is 4.00. The molecule has 102 valence electrons. The van der Waals surface area contributed by atoms with E-state index in [1.807, 2.05) is 19.0 Å². The predicted molar refractivity (Wildman–Crippen MR) is 71.7 cm³/mol. The van der Waals surface area contributed by atoms with Gasteiger partial charge in [0.2, 0.25) is 10.0 Å². The summed E-state index contributed by atoms with van der Waals surface area (Å²) in [6.07, 6.45) is 0. The highest BCUT2D eigenvalue weighted by Crippen LogP contribution is 2.26. The SMILES string of the molecule is COc1ccc(S(=O)(=O)NCCN(C)C)cc1Cl. The van der Waals surface area contributed by atoms with E-state index in [1.165, 1.54) is 25.3 Å². The van der Waals surface area contributed by atoms with Gasteiger partial charge in [-0.3, -0.25) is 0 Å². The molecule has 1 aromatic rings. The van der Waals surface area contributed by atoms with Gasteiger partial charge in [-0.2, -0.15) is 0 Å². The van der Waals surface area contributed by atoms with Crippen LogP contribution in [0, 0.1) is 0 Å². The Morgan fingerprint density at radius 3 is 2.56 bits per heavy atom. The monoisotopic (exact) mass is 292 g/mol. The first-order valence-electron chi connectivity index (χ1n) is 5.35. The van der Waals surface area contributed by atoms with Crippen molar-refractivity contribution in [1.29, 1.82) is 0 Å². The molecule has 0 aromatic heterocycles. The Morgan fingerprint density at radius 1 is 1.39 bits per heavy atom. The summed E-state index contributed by atoms with van der Waals surface area (Å²) in [4.78, 5) is 2.02. The molecule has 0 bridgehead atoms. The van der Waals surface area contributed by atoms with Crippen molar-refractivity contribution in [3.63, 3.8) is 0 Å². The summed E-state index contributed by atoms with van der Waals surface area (Å²) in [5, 5.41) is 0.271. The van der Waals surface area contributed by atoms with Crippen LogP contribution in [0.5, 0.6) is 5.75 Å². The molecule has 0 radical (unpaired) electrons. The first kappa shape index (κ1) is 15.2. The summed E-state index contributed by atoms with van der Waals surface area (Å²) in [6, 6.07) is 4.37. The molecule has 0 amide bonds. The van der Waals surface area contributed by atoms with E-state index >= 15 is 0 Å². The Kier molecular flexibility index (Phi) is 5.40. The van der Waals surface area contributed by atoms with Crippen molar-refractivity contribution in [2.24, 2.45) is 0 Å². The molecular formula is C11H17ClN2O3S. The number of ether oxygens (including phenoxy) is 1. The number of methoxy groups -OCH3 is 1. The summed E-state index contributed by atoms with van der Waals surface area (Å²) in [7, 11) is 1.70. The van der Waals surface area contributed by atoms with Gasteiger partial charge >= 0.3 is 0 Å². The minimum absolute atomic E-state index is 0.132. The zero-order valence-corrected chi connectivity index (χ0v) is 12.2. The Hall–Kier alpha value is -0.820. The Morgan fingerprint density at radius 2 is 2.06 bits per heavy atom. The average Bonchev–Trinajstić information content (AvgIpc) is 2.28. The van der Waals surface area contributed by atoms with Crippen molar-refractivity contribution >= 4 is 21.6 Å². The molecule has 0 spiro atoms. The number of nitrogens with one attached hydrogen (secondary N) is 1. The van der Waals surface area contributed by atoms with Crippen molar-refractivity contribution in [3.05, 3.63) is 23.2 Å². The van der Waals surface area contributed by atoms with Gasteiger partial charge in [-0.15, -0.1) is 0 Å². The molecule has 0 saturated carbocycles. The largest absolute Gasteiger partial charge is 0.495 e. The Balaban J connectivity index is 2.82. The molecule has 1 rings (SSSR count). The van der Waals surface area contributed by atoms with E-state index < -0.39 is 10.0 Å². The van der Waals surface area contributed by atoms with Gasteiger partial charge in [0, 0.05) is 13.1 Å². The normalized spacial score (nSPS) is 11.8. The molecule has 1 aromatic carbocycles. The zero-order valence-electron chi connectivity index (χ0n) is 10.6. The number of benzene rings is 1. The molecular weight excluding hydrogens is 276 g/mol. The topological polar surface area (TPSA) is 58.6 Å². The third kappa shape index (κ3) is 4.13. The van der Waals surface area contributed by atoms with Crippen molar-refractivity contribution in [2.45, 2.75) is 4.90 Å². The molecule has 5 nitrogen and oxygen atoms in total. The van der Waals surface area contributed by atoms with Crippen LogP contribution in [0.4, 0.5) is 0 Å². The highest BCUT2D eigenvalue weighted by Gasteiger charge is 2.15. The number of sulfonamides is 1. The lowest BCUT2D eigenvalue weighted by molar-refractivity contribution is 0.412. The lowest BCUT2D eigenvalue weighted by atomic mass is 10.3. The van der Waals surface area contributed by atoms with E-state index in [-0.39, 0.29) is 9.92 Å². The van der Waals surface area contributed by atoms with Crippen molar-refractivity contribution in [2.75, 3.05) is 34.3 Å². The van der Waals surface area contributed by atoms with Crippen LogP contribution in [-0.4, -0.2) is 47.6 Å². The van der Waals surface area contributed by atoms with E-state index in [4.69, 9.17) is 16.3 Å². The third-order valence-electron chi connectivity index (χ3n) is 2.28. The number of likely N-dealkylation sites (N-methyl/N-ethyl adjacent to an activating group) is 1. The smallest absolute Gasteiger partial charge is 0.240 e. The molecule has 7 heteroatoms. The third-order valence-corrected chi connectivity index (χ3v) is 4.04. The van der Waals surface area contributed by atoms with Gasteiger partial charge in [0.05, 0.1) is 17.0 Å². The van der Waals surface area contributed by atoms with Gasteiger partial charge in [-0.1, -0.05) is 11.6 Å². The summed E-state index contributed by atoms with van der Waals surface area (Å²) < 4.78 is 31.3. The molecule has 0 fully saturated rings. The fourth-order valence-corrected chi connectivity index (χ4v) is 2.67. The van der Waals surface area contributed by atoms with Gasteiger partial charge in [0.15, 0.2) is 0 Å². The number of hydrogen-bond donors (Lipinski definition) is 1. The van der Waals surface area contributed by atoms with E-state index in [2.05, 4.69) is 4.72 Å². The molecule has 0 aliphatic carbocycles. The predicted octanol–water partition coefficient (Wildman–Crippen LogP) is 1.19. The van der Waals surface area contributed by atoms with Crippen LogP contribution in [0.15, 0.2) is 23.1 Å². The first-order valence-corrected chi connectivity index (χ1v) is 7.21. The van der Waals surface area contributed by atoms with Crippen LogP contribution >= 0.6 is 11.6 Å². The molecule has 18 heavy (non-hydrogen) atoms. The van der Waals surface area contributed by atoms with Gasteiger partial charge in [-0.05, 0) is 32.3 Å². The van der Waals surface area contributed by atoms with Crippen LogP contribution in [-0.2, 0) is 10.0 Å². The zero-order chi connectivity index (χ0) is 13.8. The van der Waals surface area contributed by atoms with E-state index in [1.54, 1.807) is 0 Å². The molecule has 1 N–H and O–H groups in total. The molecule has 0 saturated heterocycles. The van der Waals surface area contributed by atoms with Crippen molar-refractivity contribution in [1.82, 2.24) is 9.62 Å². The molecule has 0 aliphatic heterocycles. The van der Waals surface area contributed by atoms with Gasteiger partial charge in [0.1, 0.15) is 5.75 Å². The summed E-state index contributed by atoms with van der Waals surface area (Å²) >= 11 is 5.89. The van der Waals surface area contributed by atoms with E-state index in [0.717, 1.165) is 0 Å². The molecule has 0 heterocycles. The van der Waals surface area contributed by atoms with E-state index in [0.29, 0.717) is 18.8 Å². The Labute approximate surface area is 113 Å². The van der Waals surface area contributed by atoms with E-state index in [9.17, 15) is 8.42 Å². The minimum Gasteiger partial charge on any atom is -0.495 e.